The van der Waals surface area contributed by atoms with Crippen molar-refractivity contribution in [3.63, 3.8) is 0 Å². The fourth-order valence-corrected chi connectivity index (χ4v) is 5.16. The van der Waals surface area contributed by atoms with Crippen LogP contribution in [0.3, 0.4) is 0 Å². The van der Waals surface area contributed by atoms with Crippen LogP contribution in [0.2, 0.25) is 5.02 Å². The molecule has 0 spiro atoms. The van der Waals surface area contributed by atoms with Crippen molar-refractivity contribution in [1.82, 2.24) is 14.9 Å². The van der Waals surface area contributed by atoms with E-state index in [2.05, 4.69) is 9.97 Å². The van der Waals surface area contributed by atoms with Gasteiger partial charge in [0.05, 0.1) is 29.7 Å². The van der Waals surface area contributed by atoms with E-state index >= 15 is 0 Å². The number of thiophene rings is 1. The molecule has 2 N–H and O–H groups in total. The molecule has 0 radical (unpaired) electrons. The van der Waals surface area contributed by atoms with Crippen LogP contribution in [0.25, 0.3) is 10.2 Å². The number of hydrogen-bond donors (Lipinski definition) is 1. The number of carbonyl (C=O) groups is 2. The van der Waals surface area contributed by atoms with Crippen molar-refractivity contribution in [2.75, 3.05) is 50.5 Å². The zero-order chi connectivity index (χ0) is 24.2. The summed E-state index contributed by atoms with van der Waals surface area (Å²) in [6, 6.07) is 5.56. The van der Waals surface area contributed by atoms with Crippen molar-refractivity contribution < 1.29 is 19.1 Å². The summed E-state index contributed by atoms with van der Waals surface area (Å²) in [7, 11) is 1.57. The Bertz CT molecular complexity index is 1210. The molecule has 1 amide bonds. The van der Waals surface area contributed by atoms with Gasteiger partial charge < -0.3 is 25.0 Å². The molecule has 0 aliphatic carbocycles. The average Bonchev–Trinajstić information content (AvgIpc) is 3.26. The second-order valence-electron chi connectivity index (χ2n) is 7.79. The highest BCUT2D eigenvalue weighted by atomic mass is 35.5. The Morgan fingerprint density at radius 1 is 1.21 bits per heavy atom. The Labute approximate surface area is 206 Å². The molecule has 1 saturated heterocycles. The van der Waals surface area contributed by atoms with E-state index in [1.165, 1.54) is 11.3 Å². The van der Waals surface area contributed by atoms with Crippen LogP contribution < -0.4 is 15.4 Å². The smallest absolute Gasteiger partial charge is 0.339 e. The number of carbonyl (C=O) groups excluding carboxylic acids is 2. The van der Waals surface area contributed by atoms with Crippen molar-refractivity contribution in [1.29, 1.82) is 0 Å². The second kappa shape index (κ2) is 10.4. The highest BCUT2D eigenvalue weighted by molar-refractivity contribution is 7.17. The van der Waals surface area contributed by atoms with Crippen molar-refractivity contribution in [3.8, 4) is 5.75 Å². The van der Waals surface area contributed by atoms with Gasteiger partial charge in [-0.1, -0.05) is 17.7 Å². The Morgan fingerprint density at radius 2 is 1.97 bits per heavy atom. The highest BCUT2D eigenvalue weighted by Gasteiger charge is 2.26. The summed E-state index contributed by atoms with van der Waals surface area (Å²) < 4.78 is 10.4. The number of piperazine rings is 1. The number of nitrogens with two attached hydrogens (primary N) is 1. The minimum Gasteiger partial charge on any atom is -0.495 e. The summed E-state index contributed by atoms with van der Waals surface area (Å²) in [5.41, 5.74) is 7.36. The first-order chi connectivity index (χ1) is 16.4. The first-order valence-electron chi connectivity index (χ1n) is 11.0. The molecule has 180 valence electrons. The van der Waals surface area contributed by atoms with Gasteiger partial charge in [-0.25, -0.2) is 9.78 Å². The SMILES string of the molecule is CCOC(=O)c1csc2nc(N)nc(N3CCN(C(=O)CCc4ccc(OC)c(Cl)c4)CC3)c12. The number of esters is 1. The lowest BCUT2D eigenvalue weighted by Gasteiger charge is -2.35. The molecule has 11 heteroatoms. The largest absolute Gasteiger partial charge is 0.495 e. The van der Waals surface area contributed by atoms with Gasteiger partial charge in [-0.3, -0.25) is 4.79 Å². The summed E-state index contributed by atoms with van der Waals surface area (Å²) >= 11 is 7.52. The molecular weight excluding hydrogens is 478 g/mol. The third-order valence-electron chi connectivity index (χ3n) is 5.70. The third-order valence-corrected chi connectivity index (χ3v) is 6.87. The second-order valence-corrected chi connectivity index (χ2v) is 9.06. The maximum absolute atomic E-state index is 12.8. The lowest BCUT2D eigenvalue weighted by molar-refractivity contribution is -0.131. The number of amides is 1. The molecule has 0 unspecified atom stereocenters. The Kier molecular flexibility index (Phi) is 7.38. The minimum atomic E-state index is -0.407. The number of aryl methyl sites for hydroxylation is 1. The van der Waals surface area contributed by atoms with E-state index in [4.69, 9.17) is 26.8 Å². The van der Waals surface area contributed by atoms with Crippen LogP contribution in [0.1, 0.15) is 29.3 Å². The summed E-state index contributed by atoms with van der Waals surface area (Å²) in [5, 5.41) is 2.91. The van der Waals surface area contributed by atoms with E-state index in [1.54, 1.807) is 19.4 Å². The number of rotatable bonds is 7. The third kappa shape index (κ3) is 5.02. The van der Waals surface area contributed by atoms with Crippen molar-refractivity contribution in [2.45, 2.75) is 19.8 Å². The van der Waals surface area contributed by atoms with Crippen LogP contribution in [0.4, 0.5) is 11.8 Å². The molecule has 34 heavy (non-hydrogen) atoms. The molecule has 1 aliphatic rings. The summed E-state index contributed by atoms with van der Waals surface area (Å²) in [4.78, 5) is 38.5. The van der Waals surface area contributed by atoms with Gasteiger partial charge in [0.15, 0.2) is 0 Å². The zero-order valence-electron chi connectivity index (χ0n) is 19.0. The first-order valence-corrected chi connectivity index (χ1v) is 12.2. The van der Waals surface area contributed by atoms with Crippen molar-refractivity contribution in [3.05, 3.63) is 39.7 Å². The molecule has 1 aromatic carbocycles. The van der Waals surface area contributed by atoms with Crippen LogP contribution in [-0.4, -0.2) is 66.6 Å². The van der Waals surface area contributed by atoms with Gasteiger partial charge in [0.1, 0.15) is 16.4 Å². The van der Waals surface area contributed by atoms with E-state index < -0.39 is 5.97 Å². The molecule has 2 aromatic heterocycles. The number of ether oxygens (including phenoxy) is 2. The quantitative estimate of drug-likeness (QED) is 0.488. The van der Waals surface area contributed by atoms with Crippen LogP contribution in [0.5, 0.6) is 5.75 Å². The highest BCUT2D eigenvalue weighted by Crippen LogP contribution is 2.34. The van der Waals surface area contributed by atoms with Gasteiger partial charge in [-0.2, -0.15) is 4.98 Å². The number of nitrogens with zero attached hydrogens (tertiary/aromatic N) is 4. The molecule has 1 fully saturated rings. The normalized spacial score (nSPS) is 13.9. The zero-order valence-corrected chi connectivity index (χ0v) is 20.6. The number of nitrogen functional groups attached to an aromatic ring is 1. The number of hydrogen-bond acceptors (Lipinski definition) is 9. The van der Waals surface area contributed by atoms with Crippen molar-refractivity contribution >= 4 is 56.8 Å². The standard InChI is InChI=1S/C23H26ClN5O4S/c1-3-33-22(31)15-13-34-21-19(15)20(26-23(25)27-21)29-10-8-28(9-11-29)18(30)7-5-14-4-6-17(32-2)16(24)12-14/h4,6,12-13H,3,5,7-11H2,1-2H3,(H2,25,26,27). The predicted octanol–water partition coefficient (Wildman–Crippen LogP) is 3.39. The Hall–Kier alpha value is -3.11. The van der Waals surface area contributed by atoms with Crippen LogP contribution in [0, 0.1) is 0 Å². The maximum Gasteiger partial charge on any atom is 0.339 e. The molecule has 0 atom stereocenters. The molecule has 4 rings (SSSR count). The van der Waals surface area contributed by atoms with Crippen molar-refractivity contribution in [2.24, 2.45) is 0 Å². The molecule has 0 bridgehead atoms. The topological polar surface area (TPSA) is 111 Å². The van der Waals surface area contributed by atoms with Gasteiger partial charge in [-0.05, 0) is 31.0 Å². The number of halogens is 1. The van der Waals surface area contributed by atoms with Gasteiger partial charge in [0, 0.05) is 38.0 Å². The summed E-state index contributed by atoms with van der Waals surface area (Å²) in [6.07, 6.45) is 0.995. The number of methoxy groups -OCH3 is 1. The number of aromatic nitrogens is 2. The number of anilines is 2. The van der Waals surface area contributed by atoms with E-state index in [0.29, 0.717) is 71.4 Å². The molecule has 1 aliphatic heterocycles. The lowest BCUT2D eigenvalue weighted by Crippen LogP contribution is -2.49. The maximum atomic E-state index is 12.8. The fraction of sp³-hybridized carbons (Fsp3) is 0.391. The molecule has 3 aromatic rings. The van der Waals surface area contributed by atoms with E-state index in [0.717, 1.165) is 5.56 Å². The predicted molar refractivity (Wildman–Crippen MR) is 133 cm³/mol. The Morgan fingerprint density at radius 3 is 2.65 bits per heavy atom. The van der Waals surface area contributed by atoms with E-state index in [9.17, 15) is 9.59 Å². The van der Waals surface area contributed by atoms with Gasteiger partial charge in [0.2, 0.25) is 11.9 Å². The van der Waals surface area contributed by atoms with Crippen LogP contribution in [-0.2, 0) is 16.0 Å². The summed E-state index contributed by atoms with van der Waals surface area (Å²) in [5.74, 6) is 1.05. The lowest BCUT2D eigenvalue weighted by atomic mass is 10.1. The van der Waals surface area contributed by atoms with Gasteiger partial charge >= 0.3 is 5.97 Å². The molecule has 0 saturated carbocycles. The molecular formula is C23H26ClN5O4S. The monoisotopic (exact) mass is 503 g/mol. The van der Waals surface area contributed by atoms with E-state index in [-0.39, 0.29) is 18.5 Å². The van der Waals surface area contributed by atoms with Gasteiger partial charge in [0.25, 0.3) is 0 Å². The first kappa shape index (κ1) is 24.0. The molecule has 9 nitrogen and oxygen atoms in total. The van der Waals surface area contributed by atoms with E-state index in [1.807, 2.05) is 28.0 Å². The minimum absolute atomic E-state index is 0.0849. The van der Waals surface area contributed by atoms with Crippen LogP contribution in [0.15, 0.2) is 23.6 Å². The van der Waals surface area contributed by atoms with Crippen LogP contribution >= 0.6 is 22.9 Å². The fourth-order valence-electron chi connectivity index (χ4n) is 3.97. The average molecular weight is 504 g/mol. The number of benzene rings is 1. The number of fused-ring (bicyclic) bond motifs is 1. The van der Waals surface area contributed by atoms with Gasteiger partial charge in [-0.15, -0.1) is 11.3 Å². The molecule has 3 heterocycles. The Balaban J connectivity index is 1.42. The summed E-state index contributed by atoms with van der Waals surface area (Å²) in [6.45, 7) is 4.29.